The Labute approximate surface area is 139 Å². The molecule has 0 radical (unpaired) electrons. The maximum atomic E-state index is 13.8. The molecule has 2 aromatic rings. The maximum absolute atomic E-state index is 13.8. The van der Waals surface area contributed by atoms with Crippen LogP contribution in [0.3, 0.4) is 0 Å². The molecule has 0 spiro atoms. The smallest absolute Gasteiger partial charge is 0.158 e. The van der Waals surface area contributed by atoms with Gasteiger partial charge in [0.15, 0.2) is 5.78 Å². The average molecular weight is 329 g/mol. The van der Waals surface area contributed by atoms with Crippen LogP contribution in [-0.4, -0.2) is 12.9 Å². The van der Waals surface area contributed by atoms with Crippen LogP contribution < -0.4 is 10.1 Å². The molecular formula is C19H17F2NO2. The van der Waals surface area contributed by atoms with Gasteiger partial charge in [0.05, 0.1) is 12.8 Å². The van der Waals surface area contributed by atoms with E-state index in [0.717, 1.165) is 17.4 Å². The topological polar surface area (TPSA) is 38.3 Å². The Kier molecular flexibility index (Phi) is 4.60. The van der Waals surface area contributed by atoms with Crippen LogP contribution in [0, 0.1) is 11.6 Å². The summed E-state index contributed by atoms with van der Waals surface area (Å²) in [6.07, 6.45) is 2.47. The lowest BCUT2D eigenvalue weighted by atomic mass is 9.85. The van der Waals surface area contributed by atoms with Gasteiger partial charge in [0.2, 0.25) is 0 Å². The van der Waals surface area contributed by atoms with Gasteiger partial charge in [0.25, 0.3) is 0 Å². The molecule has 3 rings (SSSR count). The van der Waals surface area contributed by atoms with Crippen molar-refractivity contribution < 1.29 is 18.3 Å². The first-order chi connectivity index (χ1) is 11.5. The van der Waals surface area contributed by atoms with Crippen molar-refractivity contribution in [2.75, 3.05) is 12.4 Å². The van der Waals surface area contributed by atoms with Gasteiger partial charge in [0, 0.05) is 24.3 Å². The number of allylic oxidation sites excluding steroid dienone is 2. The van der Waals surface area contributed by atoms with Crippen LogP contribution in [-0.2, 0) is 4.79 Å². The molecule has 0 fully saturated rings. The van der Waals surface area contributed by atoms with Crippen LogP contribution in [0.4, 0.5) is 14.5 Å². The van der Waals surface area contributed by atoms with E-state index < -0.39 is 11.6 Å². The predicted octanol–water partition coefficient (Wildman–Crippen LogP) is 4.42. The molecule has 0 aromatic heterocycles. The third-order valence-corrected chi connectivity index (χ3v) is 4.06. The van der Waals surface area contributed by atoms with E-state index in [4.69, 9.17) is 4.74 Å². The maximum Gasteiger partial charge on any atom is 0.158 e. The number of hydrogen-bond donors (Lipinski definition) is 1. The monoisotopic (exact) mass is 329 g/mol. The summed E-state index contributed by atoms with van der Waals surface area (Å²) in [4.78, 5) is 12.0. The Bertz CT molecular complexity index is 784. The summed E-state index contributed by atoms with van der Waals surface area (Å²) in [6.45, 7) is 0. The van der Waals surface area contributed by atoms with Crippen molar-refractivity contribution in [3.8, 4) is 5.75 Å². The summed E-state index contributed by atoms with van der Waals surface area (Å²) in [5.74, 6) is -0.576. The molecule has 0 saturated carbocycles. The standard InChI is InChI=1S/C19H17F2NO2/c1-24-17-5-2-12(3-6-17)13-8-15(11-16(23)9-13)22-19-7-4-14(20)10-18(19)21/h2-7,10-11,13,22H,8-9H2,1H3. The van der Waals surface area contributed by atoms with Crippen LogP contribution >= 0.6 is 0 Å². The van der Waals surface area contributed by atoms with Crippen LogP contribution in [0.1, 0.15) is 24.3 Å². The van der Waals surface area contributed by atoms with Gasteiger partial charge in [0.1, 0.15) is 17.4 Å². The second-order valence-corrected chi connectivity index (χ2v) is 5.76. The van der Waals surface area contributed by atoms with E-state index in [1.54, 1.807) is 7.11 Å². The lowest BCUT2D eigenvalue weighted by Gasteiger charge is -2.23. The highest BCUT2D eigenvalue weighted by Gasteiger charge is 2.23. The van der Waals surface area contributed by atoms with Gasteiger partial charge < -0.3 is 10.1 Å². The number of hydrogen-bond acceptors (Lipinski definition) is 3. The quantitative estimate of drug-likeness (QED) is 0.902. The molecule has 124 valence electrons. The molecule has 1 unspecified atom stereocenters. The van der Waals surface area contributed by atoms with E-state index in [0.29, 0.717) is 18.5 Å². The number of carbonyl (C=O) groups is 1. The minimum Gasteiger partial charge on any atom is -0.497 e. The first-order valence-corrected chi connectivity index (χ1v) is 7.64. The van der Waals surface area contributed by atoms with E-state index in [9.17, 15) is 13.6 Å². The zero-order valence-electron chi connectivity index (χ0n) is 13.2. The van der Waals surface area contributed by atoms with E-state index in [1.807, 2.05) is 24.3 Å². The molecule has 3 nitrogen and oxygen atoms in total. The highest BCUT2D eigenvalue weighted by molar-refractivity contribution is 5.92. The number of benzene rings is 2. The van der Waals surface area contributed by atoms with Crippen LogP contribution in [0.15, 0.2) is 54.2 Å². The van der Waals surface area contributed by atoms with Gasteiger partial charge in [-0.1, -0.05) is 12.1 Å². The van der Waals surface area contributed by atoms with Gasteiger partial charge in [-0.15, -0.1) is 0 Å². The summed E-state index contributed by atoms with van der Waals surface area (Å²) >= 11 is 0. The van der Waals surface area contributed by atoms with Crippen LogP contribution in [0.2, 0.25) is 0 Å². The van der Waals surface area contributed by atoms with Crippen LogP contribution in [0.25, 0.3) is 0 Å². The van der Waals surface area contributed by atoms with Gasteiger partial charge in [-0.25, -0.2) is 8.78 Å². The highest BCUT2D eigenvalue weighted by Crippen LogP contribution is 2.33. The third kappa shape index (κ3) is 3.62. The van der Waals surface area contributed by atoms with E-state index >= 15 is 0 Å². The molecule has 24 heavy (non-hydrogen) atoms. The Morgan fingerprint density at radius 3 is 2.50 bits per heavy atom. The van der Waals surface area contributed by atoms with E-state index in [1.165, 1.54) is 18.2 Å². The summed E-state index contributed by atoms with van der Waals surface area (Å²) in [7, 11) is 1.60. The third-order valence-electron chi connectivity index (χ3n) is 4.06. The number of halogens is 2. The number of carbonyl (C=O) groups excluding carboxylic acids is 1. The van der Waals surface area contributed by atoms with Crippen molar-refractivity contribution in [2.24, 2.45) is 0 Å². The van der Waals surface area contributed by atoms with Gasteiger partial charge in [-0.3, -0.25) is 4.79 Å². The SMILES string of the molecule is COc1ccc(C2CC(=O)C=C(Nc3ccc(F)cc3F)C2)cc1. The Morgan fingerprint density at radius 1 is 1.08 bits per heavy atom. The molecule has 1 aliphatic rings. The molecule has 0 saturated heterocycles. The zero-order chi connectivity index (χ0) is 17.1. The fraction of sp³-hybridized carbons (Fsp3) is 0.211. The Hall–Kier alpha value is -2.69. The first kappa shape index (κ1) is 16.2. The number of ketones is 1. The highest BCUT2D eigenvalue weighted by atomic mass is 19.1. The lowest BCUT2D eigenvalue weighted by molar-refractivity contribution is -0.115. The first-order valence-electron chi connectivity index (χ1n) is 7.64. The molecule has 1 atom stereocenters. The van der Waals surface area contributed by atoms with Crippen molar-refractivity contribution >= 4 is 11.5 Å². The molecule has 0 bridgehead atoms. The predicted molar refractivity (Wildman–Crippen MR) is 88.0 cm³/mol. The zero-order valence-corrected chi connectivity index (χ0v) is 13.2. The largest absolute Gasteiger partial charge is 0.497 e. The number of anilines is 1. The van der Waals surface area contributed by atoms with Gasteiger partial charge in [-0.05, 0) is 42.2 Å². The molecule has 1 N–H and O–H groups in total. The van der Waals surface area contributed by atoms with Gasteiger partial charge >= 0.3 is 0 Å². The number of methoxy groups -OCH3 is 1. The minimum absolute atomic E-state index is 0.0133. The second-order valence-electron chi connectivity index (χ2n) is 5.76. The Morgan fingerprint density at radius 2 is 1.83 bits per heavy atom. The summed E-state index contributed by atoms with van der Waals surface area (Å²) < 4.78 is 31.9. The number of rotatable bonds is 4. The van der Waals surface area contributed by atoms with Crippen LogP contribution in [0.5, 0.6) is 5.75 Å². The van der Waals surface area contributed by atoms with Crippen molar-refractivity contribution in [3.63, 3.8) is 0 Å². The Balaban J connectivity index is 1.78. The van der Waals surface area contributed by atoms with E-state index in [2.05, 4.69) is 5.32 Å². The average Bonchev–Trinajstić information content (AvgIpc) is 2.57. The van der Waals surface area contributed by atoms with Gasteiger partial charge in [-0.2, -0.15) is 0 Å². The molecular weight excluding hydrogens is 312 g/mol. The molecule has 2 aromatic carbocycles. The van der Waals surface area contributed by atoms with Crippen molar-refractivity contribution in [1.82, 2.24) is 0 Å². The van der Waals surface area contributed by atoms with Crippen molar-refractivity contribution in [3.05, 3.63) is 71.4 Å². The number of nitrogens with one attached hydrogen (secondary N) is 1. The molecule has 0 heterocycles. The summed E-state index contributed by atoms with van der Waals surface area (Å²) in [5.41, 5.74) is 1.81. The van der Waals surface area contributed by atoms with Crippen molar-refractivity contribution in [1.29, 1.82) is 0 Å². The minimum atomic E-state index is -0.685. The molecule has 5 heteroatoms. The van der Waals surface area contributed by atoms with Crippen molar-refractivity contribution in [2.45, 2.75) is 18.8 Å². The fourth-order valence-electron chi connectivity index (χ4n) is 2.86. The summed E-state index contributed by atoms with van der Waals surface area (Å²) in [5, 5.41) is 2.90. The summed E-state index contributed by atoms with van der Waals surface area (Å²) in [6, 6.07) is 10.9. The normalized spacial score (nSPS) is 17.4. The molecule has 0 aliphatic heterocycles. The lowest BCUT2D eigenvalue weighted by Crippen LogP contribution is -2.17. The van der Waals surface area contributed by atoms with E-state index in [-0.39, 0.29) is 17.4 Å². The molecule has 0 amide bonds. The number of ether oxygens (including phenoxy) is 1. The second kappa shape index (κ2) is 6.83. The fourth-order valence-corrected chi connectivity index (χ4v) is 2.86. The molecule has 1 aliphatic carbocycles.